The zero-order valence-electron chi connectivity index (χ0n) is 11.0. The average Bonchev–Trinajstić information content (AvgIpc) is 2.46. The van der Waals surface area contributed by atoms with Gasteiger partial charge in [-0.2, -0.15) is 0 Å². The summed E-state index contributed by atoms with van der Waals surface area (Å²) in [6.45, 7) is 1.92. The third-order valence-corrected chi connectivity index (χ3v) is 3.39. The van der Waals surface area contributed by atoms with Gasteiger partial charge in [0.25, 0.3) is 0 Å². The average molecular weight is 263 g/mol. The first-order valence-electron chi connectivity index (χ1n) is 6.34. The predicted molar refractivity (Wildman–Crippen MR) is 78.9 cm³/mol. The number of benzene rings is 2. The first-order valence-corrected chi connectivity index (χ1v) is 6.34. The minimum Gasteiger partial charge on any atom is -0.478 e. The van der Waals surface area contributed by atoms with Crippen LogP contribution in [0.3, 0.4) is 0 Å². The number of rotatable bonds is 2. The quantitative estimate of drug-likeness (QED) is 0.762. The molecule has 0 aliphatic rings. The van der Waals surface area contributed by atoms with Crippen molar-refractivity contribution in [2.24, 2.45) is 0 Å². The highest BCUT2D eigenvalue weighted by Crippen LogP contribution is 2.27. The summed E-state index contributed by atoms with van der Waals surface area (Å²) in [6, 6.07) is 15.2. The van der Waals surface area contributed by atoms with Crippen molar-refractivity contribution in [2.45, 2.75) is 6.92 Å². The zero-order valence-corrected chi connectivity index (χ0v) is 11.0. The highest BCUT2D eigenvalue weighted by Gasteiger charge is 2.08. The minimum absolute atomic E-state index is 0.310. The number of carboxylic acids is 1. The number of nitrogens with zero attached hydrogens (tertiary/aromatic N) is 1. The molecule has 0 radical (unpaired) electrons. The predicted octanol–water partition coefficient (Wildman–Crippen LogP) is 3.91. The molecule has 0 bridgehead atoms. The maximum absolute atomic E-state index is 11.0. The maximum Gasteiger partial charge on any atom is 0.335 e. The molecule has 98 valence electrons. The van der Waals surface area contributed by atoms with Gasteiger partial charge in [0.1, 0.15) is 0 Å². The highest BCUT2D eigenvalue weighted by atomic mass is 16.4. The van der Waals surface area contributed by atoms with Crippen LogP contribution in [0, 0.1) is 6.92 Å². The summed E-state index contributed by atoms with van der Waals surface area (Å²) in [5, 5.41) is 10.1. The maximum atomic E-state index is 11.0. The lowest BCUT2D eigenvalue weighted by atomic mass is 9.97. The molecule has 0 saturated carbocycles. The molecule has 3 aromatic rings. The highest BCUT2D eigenvalue weighted by molar-refractivity contribution is 5.90. The van der Waals surface area contributed by atoms with Crippen LogP contribution in [0.15, 0.2) is 54.7 Å². The topological polar surface area (TPSA) is 50.2 Å². The van der Waals surface area contributed by atoms with E-state index in [1.165, 1.54) is 0 Å². The number of hydrogen-bond acceptors (Lipinski definition) is 2. The molecule has 1 heterocycles. The van der Waals surface area contributed by atoms with Crippen LogP contribution in [0.2, 0.25) is 0 Å². The van der Waals surface area contributed by atoms with Crippen molar-refractivity contribution in [1.82, 2.24) is 4.98 Å². The van der Waals surface area contributed by atoms with Crippen molar-refractivity contribution < 1.29 is 9.90 Å². The van der Waals surface area contributed by atoms with E-state index in [9.17, 15) is 4.79 Å². The number of aromatic nitrogens is 1. The second kappa shape index (κ2) is 4.78. The third-order valence-electron chi connectivity index (χ3n) is 3.39. The third kappa shape index (κ3) is 2.14. The fourth-order valence-corrected chi connectivity index (χ4v) is 2.35. The van der Waals surface area contributed by atoms with Gasteiger partial charge in [-0.15, -0.1) is 0 Å². The Kier molecular flexibility index (Phi) is 2.95. The lowest BCUT2D eigenvalue weighted by Gasteiger charge is -2.08. The van der Waals surface area contributed by atoms with Gasteiger partial charge in [0.15, 0.2) is 0 Å². The van der Waals surface area contributed by atoms with Gasteiger partial charge in [-0.25, -0.2) is 4.79 Å². The molecule has 0 fully saturated rings. The molecule has 0 aliphatic heterocycles. The Morgan fingerprint density at radius 1 is 1.10 bits per heavy atom. The van der Waals surface area contributed by atoms with Gasteiger partial charge in [0.2, 0.25) is 0 Å². The molecule has 0 unspecified atom stereocenters. The van der Waals surface area contributed by atoms with Crippen LogP contribution in [0.1, 0.15) is 15.9 Å². The van der Waals surface area contributed by atoms with Crippen molar-refractivity contribution in [1.29, 1.82) is 0 Å². The largest absolute Gasteiger partial charge is 0.478 e. The van der Waals surface area contributed by atoms with Crippen LogP contribution in [-0.2, 0) is 0 Å². The van der Waals surface area contributed by atoms with E-state index in [0.717, 1.165) is 27.6 Å². The number of hydrogen-bond donors (Lipinski definition) is 1. The van der Waals surface area contributed by atoms with E-state index in [0.29, 0.717) is 5.56 Å². The smallest absolute Gasteiger partial charge is 0.335 e. The van der Waals surface area contributed by atoms with Gasteiger partial charge < -0.3 is 5.11 Å². The molecular weight excluding hydrogens is 250 g/mol. The molecule has 0 amide bonds. The van der Waals surface area contributed by atoms with E-state index in [1.807, 2.05) is 43.3 Å². The van der Waals surface area contributed by atoms with Crippen LogP contribution >= 0.6 is 0 Å². The van der Waals surface area contributed by atoms with Gasteiger partial charge in [0, 0.05) is 11.6 Å². The summed E-state index contributed by atoms with van der Waals surface area (Å²) in [6.07, 6.45) is 1.77. The van der Waals surface area contributed by atoms with E-state index in [-0.39, 0.29) is 0 Å². The van der Waals surface area contributed by atoms with Crippen LogP contribution in [-0.4, -0.2) is 16.1 Å². The van der Waals surface area contributed by atoms with E-state index >= 15 is 0 Å². The fourth-order valence-electron chi connectivity index (χ4n) is 2.35. The Hall–Kier alpha value is -2.68. The normalized spacial score (nSPS) is 10.7. The molecule has 3 heteroatoms. The summed E-state index contributed by atoms with van der Waals surface area (Å²) >= 11 is 0. The van der Waals surface area contributed by atoms with Crippen LogP contribution < -0.4 is 0 Å². The second-order valence-electron chi connectivity index (χ2n) is 4.75. The van der Waals surface area contributed by atoms with E-state index in [2.05, 4.69) is 4.98 Å². The molecule has 1 N–H and O–H groups in total. The number of fused-ring (bicyclic) bond motifs is 1. The Labute approximate surface area is 116 Å². The Bertz CT molecular complexity index is 809. The van der Waals surface area contributed by atoms with Crippen molar-refractivity contribution in [3.05, 3.63) is 65.9 Å². The molecular formula is C17H13NO2. The summed E-state index contributed by atoms with van der Waals surface area (Å²) < 4.78 is 0. The molecule has 0 atom stereocenters. The molecule has 1 aromatic heterocycles. The van der Waals surface area contributed by atoms with Gasteiger partial charge in [-0.05, 0) is 47.9 Å². The first-order chi connectivity index (χ1) is 9.65. The van der Waals surface area contributed by atoms with Gasteiger partial charge in [-0.1, -0.05) is 24.3 Å². The van der Waals surface area contributed by atoms with E-state index in [4.69, 9.17) is 5.11 Å². The van der Waals surface area contributed by atoms with E-state index in [1.54, 1.807) is 18.3 Å². The van der Waals surface area contributed by atoms with Crippen molar-refractivity contribution in [3.8, 4) is 11.1 Å². The lowest BCUT2D eigenvalue weighted by molar-refractivity contribution is 0.0697. The number of pyridine rings is 1. The molecule has 3 nitrogen and oxygen atoms in total. The summed E-state index contributed by atoms with van der Waals surface area (Å²) in [5.41, 5.74) is 4.27. The monoisotopic (exact) mass is 263 g/mol. The van der Waals surface area contributed by atoms with Gasteiger partial charge in [-0.3, -0.25) is 4.98 Å². The molecule has 3 rings (SSSR count). The summed E-state index contributed by atoms with van der Waals surface area (Å²) in [5.74, 6) is -0.903. The second-order valence-corrected chi connectivity index (χ2v) is 4.75. The fraction of sp³-hybridized carbons (Fsp3) is 0.0588. The number of carbonyl (C=O) groups is 1. The minimum atomic E-state index is -0.903. The van der Waals surface area contributed by atoms with Crippen molar-refractivity contribution in [2.75, 3.05) is 0 Å². The van der Waals surface area contributed by atoms with Crippen LogP contribution in [0.5, 0.6) is 0 Å². The van der Waals surface area contributed by atoms with Crippen molar-refractivity contribution >= 4 is 16.9 Å². The van der Waals surface area contributed by atoms with Gasteiger partial charge >= 0.3 is 5.97 Å². The van der Waals surface area contributed by atoms with Crippen LogP contribution in [0.25, 0.3) is 22.0 Å². The standard InChI is InChI=1S/C17H13NO2/c1-11-9-14(17(19)20)6-7-15(11)13-5-4-12-3-2-8-18-16(12)10-13/h2-10H,1H3,(H,19,20). The lowest BCUT2D eigenvalue weighted by Crippen LogP contribution is -1.97. The Balaban J connectivity index is 2.13. The summed E-state index contributed by atoms with van der Waals surface area (Å²) in [4.78, 5) is 15.3. The Morgan fingerprint density at radius 2 is 1.95 bits per heavy atom. The number of aryl methyl sites for hydroxylation is 1. The van der Waals surface area contributed by atoms with Crippen LogP contribution in [0.4, 0.5) is 0 Å². The molecule has 20 heavy (non-hydrogen) atoms. The molecule has 2 aromatic carbocycles. The van der Waals surface area contributed by atoms with E-state index < -0.39 is 5.97 Å². The molecule has 0 spiro atoms. The molecule has 0 saturated heterocycles. The zero-order chi connectivity index (χ0) is 14.1. The first kappa shape index (κ1) is 12.4. The van der Waals surface area contributed by atoms with Gasteiger partial charge in [0.05, 0.1) is 11.1 Å². The number of aromatic carboxylic acids is 1. The molecule has 0 aliphatic carbocycles. The van der Waals surface area contributed by atoms with Crippen molar-refractivity contribution in [3.63, 3.8) is 0 Å². The number of carboxylic acid groups (broad SMARTS) is 1. The summed E-state index contributed by atoms with van der Waals surface area (Å²) in [7, 11) is 0. The Morgan fingerprint density at radius 3 is 2.70 bits per heavy atom. The SMILES string of the molecule is Cc1cc(C(=O)O)ccc1-c1ccc2cccnc2c1.